The monoisotopic (exact) mass is 284 g/mol. The van der Waals surface area contributed by atoms with E-state index in [2.05, 4.69) is 34.8 Å². The summed E-state index contributed by atoms with van der Waals surface area (Å²) in [5, 5.41) is 0. The normalized spacial score (nSPS) is 10.6. The van der Waals surface area contributed by atoms with Gasteiger partial charge in [-0.15, -0.1) is 0 Å². The Morgan fingerprint density at radius 3 is 2.62 bits per heavy atom. The molecule has 0 aliphatic heterocycles. The van der Waals surface area contributed by atoms with E-state index in [1.54, 1.807) is 17.2 Å². The molecule has 1 rings (SSSR count). The minimum atomic E-state index is -0.0267. The zero-order chi connectivity index (χ0) is 12.1. The molecular weight excluding hydrogens is 268 g/mol. The van der Waals surface area contributed by atoms with Crippen molar-refractivity contribution in [2.75, 3.05) is 7.05 Å². The fourth-order valence-corrected chi connectivity index (χ4v) is 2.14. The third-order valence-corrected chi connectivity index (χ3v) is 3.41. The molecule has 4 heteroatoms. The van der Waals surface area contributed by atoms with Gasteiger partial charge in [0, 0.05) is 23.8 Å². The van der Waals surface area contributed by atoms with Gasteiger partial charge in [0.1, 0.15) is 5.69 Å². The smallest absolute Gasteiger partial charge is 0.273 e. The van der Waals surface area contributed by atoms with E-state index in [0.717, 1.165) is 17.3 Å². The molecule has 0 N–H and O–H groups in total. The summed E-state index contributed by atoms with van der Waals surface area (Å²) < 4.78 is 0.748. The van der Waals surface area contributed by atoms with Gasteiger partial charge in [-0.1, -0.05) is 13.8 Å². The zero-order valence-corrected chi connectivity index (χ0v) is 11.5. The second-order valence-electron chi connectivity index (χ2n) is 3.72. The van der Waals surface area contributed by atoms with Crippen LogP contribution in [-0.2, 0) is 0 Å². The van der Waals surface area contributed by atoms with Crippen molar-refractivity contribution in [1.82, 2.24) is 9.88 Å². The van der Waals surface area contributed by atoms with Crippen molar-refractivity contribution >= 4 is 21.8 Å². The number of amides is 1. The van der Waals surface area contributed by atoms with Gasteiger partial charge in [-0.25, -0.2) is 4.98 Å². The number of carbonyl (C=O) groups is 1. The SMILES string of the molecule is CCC(CC)N(C)C(=O)c1ncccc1Br. The highest BCUT2D eigenvalue weighted by atomic mass is 79.9. The number of aromatic nitrogens is 1. The van der Waals surface area contributed by atoms with Crippen LogP contribution in [0.3, 0.4) is 0 Å². The van der Waals surface area contributed by atoms with Gasteiger partial charge in [-0.3, -0.25) is 4.79 Å². The molecular formula is C12H17BrN2O. The van der Waals surface area contributed by atoms with E-state index in [4.69, 9.17) is 0 Å². The standard InChI is InChI=1S/C12H17BrN2O/c1-4-9(5-2)15(3)12(16)11-10(13)7-6-8-14-11/h6-9H,4-5H2,1-3H3. The highest BCUT2D eigenvalue weighted by Crippen LogP contribution is 2.17. The number of halogens is 1. The van der Waals surface area contributed by atoms with Crippen molar-refractivity contribution < 1.29 is 4.79 Å². The van der Waals surface area contributed by atoms with Crippen molar-refractivity contribution in [2.24, 2.45) is 0 Å². The van der Waals surface area contributed by atoms with Gasteiger partial charge in [0.25, 0.3) is 5.91 Å². The lowest BCUT2D eigenvalue weighted by molar-refractivity contribution is 0.0716. The average molecular weight is 285 g/mol. The zero-order valence-electron chi connectivity index (χ0n) is 9.90. The van der Waals surface area contributed by atoms with Crippen LogP contribution in [0.15, 0.2) is 22.8 Å². The van der Waals surface area contributed by atoms with Crippen molar-refractivity contribution in [2.45, 2.75) is 32.7 Å². The minimum absolute atomic E-state index is 0.0267. The summed E-state index contributed by atoms with van der Waals surface area (Å²) in [6, 6.07) is 3.92. The molecule has 0 saturated heterocycles. The summed E-state index contributed by atoms with van der Waals surface area (Å²) >= 11 is 3.35. The van der Waals surface area contributed by atoms with E-state index in [1.807, 2.05) is 13.1 Å². The van der Waals surface area contributed by atoms with Crippen LogP contribution in [0.2, 0.25) is 0 Å². The van der Waals surface area contributed by atoms with Crippen LogP contribution in [0, 0.1) is 0 Å². The van der Waals surface area contributed by atoms with Crippen LogP contribution in [-0.4, -0.2) is 28.9 Å². The second-order valence-corrected chi connectivity index (χ2v) is 4.57. The van der Waals surface area contributed by atoms with Gasteiger partial charge < -0.3 is 4.90 Å². The Labute approximate surface area is 105 Å². The summed E-state index contributed by atoms with van der Waals surface area (Å²) in [5.74, 6) is -0.0267. The Hall–Kier alpha value is -0.900. The van der Waals surface area contributed by atoms with Crippen LogP contribution in [0.5, 0.6) is 0 Å². The summed E-state index contributed by atoms with van der Waals surface area (Å²) in [4.78, 5) is 18.0. The predicted octanol–water partition coefficient (Wildman–Crippen LogP) is 3.10. The van der Waals surface area contributed by atoms with E-state index in [-0.39, 0.29) is 11.9 Å². The first kappa shape index (κ1) is 13.2. The molecule has 0 fully saturated rings. The molecule has 1 aromatic heterocycles. The van der Waals surface area contributed by atoms with Crippen LogP contribution < -0.4 is 0 Å². The van der Waals surface area contributed by atoms with Crippen molar-refractivity contribution in [3.8, 4) is 0 Å². The third-order valence-electron chi connectivity index (χ3n) is 2.77. The Bertz CT molecular complexity index is 364. The molecule has 0 atom stereocenters. The Morgan fingerprint density at radius 1 is 1.50 bits per heavy atom. The van der Waals surface area contributed by atoms with Crippen molar-refractivity contribution in [3.63, 3.8) is 0 Å². The number of nitrogens with zero attached hydrogens (tertiary/aromatic N) is 2. The first-order valence-corrected chi connectivity index (χ1v) is 6.28. The number of rotatable bonds is 4. The van der Waals surface area contributed by atoms with Gasteiger partial charge >= 0.3 is 0 Å². The van der Waals surface area contributed by atoms with Gasteiger partial charge in [0.2, 0.25) is 0 Å². The molecule has 3 nitrogen and oxygen atoms in total. The first-order chi connectivity index (χ1) is 7.61. The Balaban J connectivity index is 2.90. The van der Waals surface area contributed by atoms with Crippen LogP contribution in [0.25, 0.3) is 0 Å². The topological polar surface area (TPSA) is 33.2 Å². The van der Waals surface area contributed by atoms with Gasteiger partial charge in [-0.05, 0) is 40.9 Å². The first-order valence-electron chi connectivity index (χ1n) is 5.49. The number of carbonyl (C=O) groups excluding carboxylic acids is 1. The number of pyridine rings is 1. The fraction of sp³-hybridized carbons (Fsp3) is 0.500. The predicted molar refractivity (Wildman–Crippen MR) is 68.4 cm³/mol. The molecule has 0 aromatic carbocycles. The van der Waals surface area contributed by atoms with E-state index in [9.17, 15) is 4.79 Å². The van der Waals surface area contributed by atoms with Crippen LogP contribution >= 0.6 is 15.9 Å². The molecule has 1 aromatic rings. The molecule has 1 heterocycles. The van der Waals surface area contributed by atoms with Crippen molar-refractivity contribution in [1.29, 1.82) is 0 Å². The number of hydrogen-bond acceptors (Lipinski definition) is 2. The highest BCUT2D eigenvalue weighted by molar-refractivity contribution is 9.10. The van der Waals surface area contributed by atoms with E-state index < -0.39 is 0 Å². The number of hydrogen-bond donors (Lipinski definition) is 0. The summed E-state index contributed by atoms with van der Waals surface area (Å²) in [7, 11) is 1.83. The van der Waals surface area contributed by atoms with Crippen molar-refractivity contribution in [3.05, 3.63) is 28.5 Å². The van der Waals surface area contributed by atoms with Crippen LogP contribution in [0.4, 0.5) is 0 Å². The molecule has 0 aliphatic rings. The highest BCUT2D eigenvalue weighted by Gasteiger charge is 2.20. The molecule has 0 spiro atoms. The van der Waals surface area contributed by atoms with E-state index in [0.29, 0.717) is 5.69 Å². The molecule has 0 saturated carbocycles. The van der Waals surface area contributed by atoms with Gasteiger partial charge in [0.15, 0.2) is 0 Å². The summed E-state index contributed by atoms with van der Waals surface area (Å²) in [6.45, 7) is 4.18. The third kappa shape index (κ3) is 2.82. The Morgan fingerprint density at radius 2 is 2.12 bits per heavy atom. The maximum absolute atomic E-state index is 12.2. The average Bonchev–Trinajstić information content (AvgIpc) is 2.30. The lowest BCUT2D eigenvalue weighted by Gasteiger charge is -2.26. The maximum Gasteiger partial charge on any atom is 0.273 e. The quantitative estimate of drug-likeness (QED) is 0.851. The van der Waals surface area contributed by atoms with E-state index in [1.165, 1.54) is 0 Å². The minimum Gasteiger partial charge on any atom is -0.337 e. The summed E-state index contributed by atoms with van der Waals surface area (Å²) in [5.41, 5.74) is 0.483. The molecule has 0 unspecified atom stereocenters. The Kier molecular flexibility index (Phi) is 4.93. The fourth-order valence-electron chi connectivity index (χ4n) is 1.71. The summed E-state index contributed by atoms with van der Waals surface area (Å²) in [6.07, 6.45) is 3.56. The largest absolute Gasteiger partial charge is 0.337 e. The van der Waals surface area contributed by atoms with E-state index >= 15 is 0 Å². The van der Waals surface area contributed by atoms with Crippen LogP contribution in [0.1, 0.15) is 37.2 Å². The maximum atomic E-state index is 12.2. The molecule has 0 aliphatic carbocycles. The van der Waals surface area contributed by atoms with Gasteiger partial charge in [-0.2, -0.15) is 0 Å². The van der Waals surface area contributed by atoms with Gasteiger partial charge in [0.05, 0.1) is 0 Å². The molecule has 16 heavy (non-hydrogen) atoms. The molecule has 0 radical (unpaired) electrons. The second kappa shape index (κ2) is 5.99. The lowest BCUT2D eigenvalue weighted by atomic mass is 10.1. The molecule has 1 amide bonds. The molecule has 88 valence electrons. The molecule has 0 bridgehead atoms. The lowest BCUT2D eigenvalue weighted by Crippen LogP contribution is -2.36.